The number of para-hydroxylation sites is 1. The minimum absolute atomic E-state index is 1.06. The highest BCUT2D eigenvalue weighted by molar-refractivity contribution is 7.19. The predicted octanol–water partition coefficient (Wildman–Crippen LogP) is 5.08. The van der Waals surface area contributed by atoms with E-state index in [4.69, 9.17) is 0 Å². The van der Waals surface area contributed by atoms with Gasteiger partial charge >= 0.3 is 0 Å². The van der Waals surface area contributed by atoms with Crippen LogP contribution >= 0.6 is 11.3 Å². The predicted molar refractivity (Wildman–Crippen MR) is 84.5 cm³/mol. The van der Waals surface area contributed by atoms with E-state index in [9.17, 15) is 0 Å². The molecule has 0 radical (unpaired) electrons. The SMILES string of the molecule is Cc1ccc(C=Cc2nc3ccccc3s2)c(C)c1. The van der Waals surface area contributed by atoms with Gasteiger partial charge in [-0.1, -0.05) is 42.0 Å². The van der Waals surface area contributed by atoms with Crippen molar-refractivity contribution >= 4 is 33.7 Å². The average Bonchev–Trinajstić information content (AvgIpc) is 2.80. The molecule has 1 heterocycles. The summed E-state index contributed by atoms with van der Waals surface area (Å²) >= 11 is 1.73. The zero-order valence-electron chi connectivity index (χ0n) is 11.1. The number of thiazole rings is 1. The zero-order valence-corrected chi connectivity index (χ0v) is 11.9. The quantitative estimate of drug-likeness (QED) is 0.629. The summed E-state index contributed by atoms with van der Waals surface area (Å²) in [6, 6.07) is 14.8. The third-order valence-corrected chi connectivity index (χ3v) is 4.14. The molecule has 0 aliphatic carbocycles. The lowest BCUT2D eigenvalue weighted by atomic mass is 10.1. The Morgan fingerprint density at radius 2 is 1.84 bits per heavy atom. The van der Waals surface area contributed by atoms with E-state index in [1.807, 2.05) is 6.07 Å². The molecule has 94 valence electrons. The second-order valence-corrected chi connectivity index (χ2v) is 5.78. The minimum atomic E-state index is 1.06. The summed E-state index contributed by atoms with van der Waals surface area (Å²) < 4.78 is 1.24. The average molecular weight is 265 g/mol. The Bertz CT molecular complexity index is 720. The number of hydrogen-bond acceptors (Lipinski definition) is 2. The summed E-state index contributed by atoms with van der Waals surface area (Å²) in [5.74, 6) is 0. The number of rotatable bonds is 2. The van der Waals surface area contributed by atoms with Gasteiger partial charge < -0.3 is 0 Å². The van der Waals surface area contributed by atoms with Crippen molar-refractivity contribution in [3.63, 3.8) is 0 Å². The summed E-state index contributed by atoms with van der Waals surface area (Å²) in [7, 11) is 0. The summed E-state index contributed by atoms with van der Waals surface area (Å²) in [6.07, 6.45) is 4.24. The molecular formula is C17H15NS. The first kappa shape index (κ1) is 12.1. The summed E-state index contributed by atoms with van der Waals surface area (Å²) in [5.41, 5.74) is 4.93. The van der Waals surface area contributed by atoms with E-state index in [0.717, 1.165) is 10.5 Å². The second-order valence-electron chi connectivity index (χ2n) is 4.71. The molecular weight excluding hydrogens is 250 g/mol. The molecule has 0 unspecified atom stereocenters. The molecule has 3 aromatic rings. The van der Waals surface area contributed by atoms with E-state index in [0.29, 0.717) is 0 Å². The van der Waals surface area contributed by atoms with Crippen LogP contribution in [0.3, 0.4) is 0 Å². The standard InChI is InChI=1S/C17H15NS/c1-12-7-8-14(13(2)11-12)9-10-17-18-15-5-3-4-6-16(15)19-17/h3-11H,1-2H3. The molecule has 0 saturated carbocycles. The highest BCUT2D eigenvalue weighted by Crippen LogP contribution is 2.23. The maximum absolute atomic E-state index is 4.61. The van der Waals surface area contributed by atoms with Crippen molar-refractivity contribution in [3.05, 3.63) is 64.2 Å². The molecule has 19 heavy (non-hydrogen) atoms. The van der Waals surface area contributed by atoms with E-state index in [1.165, 1.54) is 21.4 Å². The van der Waals surface area contributed by atoms with Gasteiger partial charge in [-0.15, -0.1) is 11.3 Å². The Morgan fingerprint density at radius 1 is 1.00 bits per heavy atom. The van der Waals surface area contributed by atoms with Crippen LogP contribution in [0.5, 0.6) is 0 Å². The van der Waals surface area contributed by atoms with Gasteiger partial charge in [-0.2, -0.15) is 0 Å². The van der Waals surface area contributed by atoms with Gasteiger partial charge in [-0.05, 0) is 43.2 Å². The summed E-state index contributed by atoms with van der Waals surface area (Å²) in [5, 5.41) is 1.06. The normalized spacial score (nSPS) is 11.5. The molecule has 0 N–H and O–H groups in total. The van der Waals surface area contributed by atoms with Crippen LogP contribution in [0.1, 0.15) is 21.7 Å². The Hall–Kier alpha value is -1.93. The number of aryl methyl sites for hydroxylation is 2. The van der Waals surface area contributed by atoms with Gasteiger partial charge in [0.2, 0.25) is 0 Å². The number of fused-ring (bicyclic) bond motifs is 1. The van der Waals surface area contributed by atoms with Crippen LogP contribution in [-0.4, -0.2) is 4.98 Å². The van der Waals surface area contributed by atoms with E-state index in [-0.39, 0.29) is 0 Å². The number of hydrogen-bond donors (Lipinski definition) is 0. The Labute approximate surface area is 117 Å². The Morgan fingerprint density at radius 3 is 2.63 bits per heavy atom. The van der Waals surface area contributed by atoms with Crippen LogP contribution in [-0.2, 0) is 0 Å². The van der Waals surface area contributed by atoms with Crippen molar-refractivity contribution in [3.8, 4) is 0 Å². The lowest BCUT2D eigenvalue weighted by Gasteiger charge is -2.00. The van der Waals surface area contributed by atoms with E-state index in [2.05, 4.69) is 67.4 Å². The molecule has 0 atom stereocenters. The first-order valence-corrected chi connectivity index (χ1v) is 7.15. The van der Waals surface area contributed by atoms with Gasteiger partial charge in [0.25, 0.3) is 0 Å². The maximum atomic E-state index is 4.61. The van der Waals surface area contributed by atoms with Gasteiger partial charge in [0, 0.05) is 0 Å². The van der Waals surface area contributed by atoms with Crippen LogP contribution in [0, 0.1) is 13.8 Å². The molecule has 1 aromatic heterocycles. The first-order chi connectivity index (χ1) is 9.22. The second kappa shape index (κ2) is 4.98. The largest absolute Gasteiger partial charge is 0.237 e. The molecule has 0 amide bonds. The van der Waals surface area contributed by atoms with Gasteiger partial charge in [-0.25, -0.2) is 4.98 Å². The number of nitrogens with zero attached hydrogens (tertiary/aromatic N) is 1. The van der Waals surface area contributed by atoms with Crippen molar-refractivity contribution in [2.45, 2.75) is 13.8 Å². The first-order valence-electron chi connectivity index (χ1n) is 6.33. The van der Waals surface area contributed by atoms with Crippen molar-refractivity contribution < 1.29 is 0 Å². The monoisotopic (exact) mass is 265 g/mol. The van der Waals surface area contributed by atoms with Crippen molar-refractivity contribution in [1.82, 2.24) is 4.98 Å². The number of aromatic nitrogens is 1. The van der Waals surface area contributed by atoms with Gasteiger partial charge in [0.1, 0.15) is 5.01 Å². The molecule has 0 aliphatic heterocycles. The highest BCUT2D eigenvalue weighted by atomic mass is 32.1. The lowest BCUT2D eigenvalue weighted by Crippen LogP contribution is -1.81. The number of benzene rings is 2. The van der Waals surface area contributed by atoms with E-state index in [1.54, 1.807) is 11.3 Å². The topological polar surface area (TPSA) is 12.9 Å². The van der Waals surface area contributed by atoms with E-state index >= 15 is 0 Å². The molecule has 0 aliphatic rings. The molecule has 0 saturated heterocycles. The van der Waals surface area contributed by atoms with Gasteiger partial charge in [-0.3, -0.25) is 0 Å². The van der Waals surface area contributed by atoms with Crippen LogP contribution in [0.4, 0.5) is 0 Å². The summed E-state index contributed by atoms with van der Waals surface area (Å²) in [6.45, 7) is 4.26. The third-order valence-electron chi connectivity index (χ3n) is 3.14. The fraction of sp³-hybridized carbons (Fsp3) is 0.118. The summed E-state index contributed by atoms with van der Waals surface area (Å²) in [4.78, 5) is 4.61. The molecule has 2 aromatic carbocycles. The van der Waals surface area contributed by atoms with E-state index < -0.39 is 0 Å². The van der Waals surface area contributed by atoms with Crippen LogP contribution in [0.15, 0.2) is 42.5 Å². The maximum Gasteiger partial charge on any atom is 0.117 e. The van der Waals surface area contributed by atoms with Crippen LogP contribution in [0.25, 0.3) is 22.4 Å². The molecule has 3 rings (SSSR count). The third kappa shape index (κ3) is 2.59. The fourth-order valence-corrected chi connectivity index (χ4v) is 3.01. The fourth-order valence-electron chi connectivity index (χ4n) is 2.14. The smallest absolute Gasteiger partial charge is 0.117 e. The molecule has 0 fully saturated rings. The van der Waals surface area contributed by atoms with Crippen molar-refractivity contribution in [2.75, 3.05) is 0 Å². The van der Waals surface area contributed by atoms with Crippen molar-refractivity contribution in [1.29, 1.82) is 0 Å². The molecule has 2 heteroatoms. The van der Waals surface area contributed by atoms with Crippen LogP contribution < -0.4 is 0 Å². The molecule has 0 bridgehead atoms. The van der Waals surface area contributed by atoms with Crippen LogP contribution in [0.2, 0.25) is 0 Å². The molecule has 1 nitrogen and oxygen atoms in total. The van der Waals surface area contributed by atoms with Crippen molar-refractivity contribution in [2.24, 2.45) is 0 Å². The minimum Gasteiger partial charge on any atom is -0.237 e. The Kier molecular flexibility index (Phi) is 3.18. The highest BCUT2D eigenvalue weighted by Gasteiger charge is 2.00. The van der Waals surface area contributed by atoms with Gasteiger partial charge in [0.05, 0.1) is 10.2 Å². The Balaban J connectivity index is 1.93. The zero-order chi connectivity index (χ0) is 13.2. The lowest BCUT2D eigenvalue weighted by molar-refractivity contribution is 1.37. The molecule has 0 spiro atoms. The van der Waals surface area contributed by atoms with Gasteiger partial charge in [0.15, 0.2) is 0 Å².